The lowest BCUT2D eigenvalue weighted by Crippen LogP contribution is -2.74. The molecular formula is C44H47BrF2N3O7S2+. The van der Waals surface area contributed by atoms with Crippen molar-refractivity contribution in [1.82, 2.24) is 4.72 Å². The minimum absolute atomic E-state index is 0.0653. The third-order valence-corrected chi connectivity index (χ3v) is 14.4. The molecule has 3 aliphatic rings. The molecule has 2 aliphatic carbocycles. The number of quaternary nitrogens is 1. The molecule has 1 aliphatic heterocycles. The van der Waals surface area contributed by atoms with Gasteiger partial charge in [0.15, 0.2) is 0 Å². The summed E-state index contributed by atoms with van der Waals surface area (Å²) in [5.74, 6) is -2.48. The van der Waals surface area contributed by atoms with Crippen molar-refractivity contribution in [3.63, 3.8) is 0 Å². The van der Waals surface area contributed by atoms with Crippen molar-refractivity contribution < 1.29 is 45.0 Å². The molecular weight excluding hydrogens is 865 g/mol. The topological polar surface area (TPSA) is 139 Å². The maximum Gasteiger partial charge on any atom is 0.309 e. The summed E-state index contributed by atoms with van der Waals surface area (Å²) in [7, 11) is -8.13. The number of hydrogen-bond donors (Lipinski definition) is 3. The van der Waals surface area contributed by atoms with Gasteiger partial charge in [0.25, 0.3) is 10.0 Å². The fourth-order valence-corrected chi connectivity index (χ4v) is 11.1. The van der Waals surface area contributed by atoms with E-state index in [2.05, 4.69) is 25.4 Å². The Morgan fingerprint density at radius 1 is 0.847 bits per heavy atom. The number of fused-ring (bicyclic) bond motifs is 2. The maximum atomic E-state index is 14.1. The van der Waals surface area contributed by atoms with Gasteiger partial charge in [-0.05, 0) is 99.2 Å². The zero-order valence-electron chi connectivity index (χ0n) is 33.2. The number of hydroxylamine groups is 3. The van der Waals surface area contributed by atoms with Crippen molar-refractivity contribution in [1.29, 1.82) is 0 Å². The highest BCUT2D eigenvalue weighted by molar-refractivity contribution is 9.10. The molecule has 59 heavy (non-hydrogen) atoms. The van der Waals surface area contributed by atoms with E-state index < -0.39 is 59.4 Å². The zero-order chi connectivity index (χ0) is 43.0. The number of halogens is 3. The van der Waals surface area contributed by atoms with Gasteiger partial charge in [-0.15, -0.1) is 4.72 Å². The standard InChI is InChI=1S/C27H34FN2O5S.C17H13BrFNO2S/c1-19-11-12-22(28)18-24(19)36(33,34)29-27(15-7-9-20-8-5-6-10-23(20)27)30(32)16-13-21(14-17-30)25(31)35-26(2,3)4;1-11-6-7-12(19)10-17(11)23(21,22)20-16-9-8-15(18)13-4-2-3-5-14(13)16/h5-12,15,18,21,23,29,32H,13-14,16-17H2,1-4H3;2-10,20H,1H3/q+1;. The van der Waals surface area contributed by atoms with Crippen molar-refractivity contribution >= 4 is 58.4 Å². The number of aryl methyl sites for hydroxylation is 2. The zero-order valence-corrected chi connectivity index (χ0v) is 36.5. The normalized spacial score (nSPS) is 22.8. The predicted octanol–water partition coefficient (Wildman–Crippen LogP) is 9.16. The number of sulfonamides is 2. The van der Waals surface area contributed by atoms with Crippen LogP contribution in [0.15, 0.2) is 135 Å². The lowest BCUT2D eigenvalue weighted by Gasteiger charge is -2.52. The number of allylic oxidation sites excluding steroid dienone is 5. The molecule has 1 fully saturated rings. The molecule has 0 amide bonds. The highest BCUT2D eigenvalue weighted by Gasteiger charge is 2.60. The van der Waals surface area contributed by atoms with Crippen LogP contribution in [0.2, 0.25) is 0 Å². The number of benzene rings is 4. The smallest absolute Gasteiger partial charge is 0.309 e. The summed E-state index contributed by atoms with van der Waals surface area (Å²) in [6.45, 7) is 8.90. The number of esters is 1. The third kappa shape index (κ3) is 9.45. The second-order valence-corrected chi connectivity index (χ2v) is 20.1. The number of piperidine rings is 1. The number of nitrogens with one attached hydrogen (secondary N) is 2. The van der Waals surface area contributed by atoms with Gasteiger partial charge in [-0.25, -0.2) is 30.8 Å². The van der Waals surface area contributed by atoms with Gasteiger partial charge in [-0.3, -0.25) is 9.52 Å². The molecule has 0 radical (unpaired) electrons. The van der Waals surface area contributed by atoms with Crippen LogP contribution >= 0.6 is 15.9 Å². The average Bonchev–Trinajstić information content (AvgIpc) is 3.17. The number of nitrogens with zero attached hydrogens (tertiary/aromatic N) is 1. The van der Waals surface area contributed by atoms with E-state index >= 15 is 0 Å². The van der Waals surface area contributed by atoms with Crippen molar-refractivity contribution in [2.75, 3.05) is 17.8 Å². The Kier molecular flexibility index (Phi) is 12.6. The minimum atomic E-state index is -4.26. The molecule has 312 valence electrons. The van der Waals surface area contributed by atoms with Crippen molar-refractivity contribution in [2.45, 2.75) is 68.5 Å². The molecule has 2 atom stereocenters. The van der Waals surface area contributed by atoms with Gasteiger partial charge < -0.3 is 4.74 Å². The average molecular weight is 912 g/mol. The van der Waals surface area contributed by atoms with Gasteiger partial charge in [0, 0.05) is 22.7 Å². The van der Waals surface area contributed by atoms with Crippen LogP contribution in [-0.2, 0) is 29.6 Å². The summed E-state index contributed by atoms with van der Waals surface area (Å²) in [6, 6.07) is 18.2. The van der Waals surface area contributed by atoms with Crippen LogP contribution in [0.3, 0.4) is 0 Å². The van der Waals surface area contributed by atoms with Crippen LogP contribution < -0.4 is 9.44 Å². The van der Waals surface area contributed by atoms with Gasteiger partial charge in [-0.1, -0.05) is 88.8 Å². The van der Waals surface area contributed by atoms with E-state index in [4.69, 9.17) is 4.74 Å². The highest BCUT2D eigenvalue weighted by atomic mass is 79.9. The van der Waals surface area contributed by atoms with Gasteiger partial charge in [0.2, 0.25) is 15.7 Å². The van der Waals surface area contributed by atoms with E-state index in [1.54, 1.807) is 38.1 Å². The molecule has 0 bridgehead atoms. The second kappa shape index (κ2) is 16.9. The lowest BCUT2D eigenvalue weighted by atomic mass is 9.77. The first-order chi connectivity index (χ1) is 27.6. The molecule has 2 unspecified atom stereocenters. The SMILES string of the molecule is Cc1ccc(F)cc1S(=O)(=O)NC1([N+]2(O)CCC(C(=O)OC(C)(C)C)CC2)C=CC=C2C=CC=CC21.Cc1ccc(F)cc1S(=O)(=O)Nc1ccc(Br)c2ccccc12. The van der Waals surface area contributed by atoms with Crippen LogP contribution in [0.1, 0.15) is 44.7 Å². The van der Waals surface area contributed by atoms with E-state index in [-0.39, 0.29) is 28.8 Å². The second-order valence-electron chi connectivity index (χ2n) is 15.9. The number of carbonyl (C=O) groups excluding carboxylic acids is 1. The van der Waals surface area contributed by atoms with Crippen LogP contribution in [-0.4, -0.2) is 57.0 Å². The fourth-order valence-electron chi connectivity index (χ4n) is 7.64. The Morgan fingerprint density at radius 2 is 1.44 bits per heavy atom. The van der Waals surface area contributed by atoms with E-state index in [0.717, 1.165) is 33.0 Å². The van der Waals surface area contributed by atoms with Gasteiger partial charge >= 0.3 is 5.97 Å². The van der Waals surface area contributed by atoms with Crippen LogP contribution in [0.5, 0.6) is 0 Å². The van der Waals surface area contributed by atoms with Crippen LogP contribution in [0, 0.1) is 37.3 Å². The molecule has 0 aromatic heterocycles. The predicted molar refractivity (Wildman–Crippen MR) is 227 cm³/mol. The monoisotopic (exact) mass is 910 g/mol. The van der Waals surface area contributed by atoms with Gasteiger partial charge in [0.1, 0.15) is 30.3 Å². The first kappa shape index (κ1) is 44.1. The van der Waals surface area contributed by atoms with E-state index in [1.807, 2.05) is 75.4 Å². The molecule has 15 heteroatoms. The number of carbonyl (C=O) groups is 1. The Balaban J connectivity index is 0.000000219. The van der Waals surface area contributed by atoms with Crippen molar-refractivity contribution in [3.05, 3.63) is 148 Å². The molecule has 1 heterocycles. The van der Waals surface area contributed by atoms with E-state index in [1.165, 1.54) is 24.3 Å². The Labute approximate surface area is 352 Å². The highest BCUT2D eigenvalue weighted by Crippen LogP contribution is 2.44. The molecule has 7 rings (SSSR count). The Bertz CT molecular complexity index is 2630. The van der Waals surface area contributed by atoms with E-state index in [0.29, 0.717) is 29.7 Å². The van der Waals surface area contributed by atoms with Crippen molar-refractivity contribution in [2.24, 2.45) is 11.8 Å². The fraction of sp³-hybridized carbons (Fsp3) is 0.295. The molecule has 1 saturated heterocycles. The molecule has 4 aromatic carbocycles. The first-order valence-corrected chi connectivity index (χ1v) is 22.7. The molecule has 0 saturated carbocycles. The molecule has 3 N–H and O–H groups in total. The Morgan fingerprint density at radius 3 is 2.05 bits per heavy atom. The summed E-state index contributed by atoms with van der Waals surface area (Å²) >= 11 is 3.45. The summed E-state index contributed by atoms with van der Waals surface area (Å²) < 4.78 is 91.2. The molecule has 10 nitrogen and oxygen atoms in total. The van der Waals surface area contributed by atoms with Gasteiger partial charge in [-0.2, -0.15) is 4.65 Å². The first-order valence-electron chi connectivity index (χ1n) is 19.0. The lowest BCUT2D eigenvalue weighted by molar-refractivity contribution is -1.14. The minimum Gasteiger partial charge on any atom is -0.460 e. The summed E-state index contributed by atoms with van der Waals surface area (Å²) in [4.78, 5) is 12.4. The largest absolute Gasteiger partial charge is 0.460 e. The number of anilines is 1. The number of ether oxygens (including phenoxy) is 1. The van der Waals surface area contributed by atoms with E-state index in [9.17, 15) is 35.6 Å². The number of rotatable bonds is 8. The Hall–Kier alpha value is -4.51. The third-order valence-electron chi connectivity index (χ3n) is 10.6. The van der Waals surface area contributed by atoms with Crippen molar-refractivity contribution in [3.8, 4) is 0 Å². The van der Waals surface area contributed by atoms with Crippen LogP contribution in [0.4, 0.5) is 14.5 Å². The maximum absolute atomic E-state index is 14.1. The van der Waals surface area contributed by atoms with Gasteiger partial charge in [0.05, 0.1) is 27.3 Å². The summed E-state index contributed by atoms with van der Waals surface area (Å²) in [5, 5.41) is 13.8. The quantitative estimate of drug-likeness (QED) is 0.118. The molecule has 0 spiro atoms. The molecule has 4 aromatic rings. The van der Waals surface area contributed by atoms with Crippen LogP contribution in [0.25, 0.3) is 10.8 Å². The number of likely N-dealkylation sites (tertiary alicyclic amines) is 1. The summed E-state index contributed by atoms with van der Waals surface area (Å²) in [5.41, 5.74) is 0.0424. The number of hydrogen-bond acceptors (Lipinski definition) is 7. The summed E-state index contributed by atoms with van der Waals surface area (Å²) in [6.07, 6.45) is 13.3.